The number of pyridine rings is 1. The van der Waals surface area contributed by atoms with Crippen molar-refractivity contribution in [1.82, 2.24) is 9.55 Å². The van der Waals surface area contributed by atoms with Gasteiger partial charge in [0.15, 0.2) is 0 Å². The number of rotatable bonds is 7. The quantitative estimate of drug-likeness (QED) is 0.149. The summed E-state index contributed by atoms with van der Waals surface area (Å²) in [6.45, 7) is 6.96. The number of benzene rings is 7. The van der Waals surface area contributed by atoms with Gasteiger partial charge >= 0.3 is 21.1 Å². The first kappa shape index (κ1) is 35.5. The average Bonchev–Trinajstić information content (AvgIpc) is 3.96. The van der Waals surface area contributed by atoms with E-state index < -0.39 is 12.4 Å². The predicted octanol–water partition coefficient (Wildman–Crippen LogP) is 13.6. The zero-order valence-corrected chi connectivity index (χ0v) is 36.8. The van der Waals surface area contributed by atoms with Gasteiger partial charge < -0.3 is 14.4 Å². The van der Waals surface area contributed by atoms with E-state index in [2.05, 4.69) is 177 Å². The maximum atomic E-state index is 8.40. The Morgan fingerprint density at radius 1 is 0.623 bits per heavy atom. The van der Waals surface area contributed by atoms with Gasteiger partial charge in [0.25, 0.3) is 0 Å². The Morgan fingerprint density at radius 2 is 1.26 bits per heavy atom. The van der Waals surface area contributed by atoms with Crippen molar-refractivity contribution in [3.05, 3.63) is 209 Å². The smallest absolute Gasteiger partial charge is 0.355 e. The molecular weight excluding hydrogens is 924 g/mol. The van der Waals surface area contributed by atoms with Gasteiger partial charge in [0.2, 0.25) is 0 Å². The SMILES string of the molecule is [2H]C([2H])([2H])N1CN(c2[c-]c(C3(c4[c-]c5c(cc4)c4ccccc4n5-c4cc(-c5c(C(C)C)cccc5C(C)C)ccn4)c4ccccc4-c4ccccc43)ccc2)c2ccccc21.[Pt+2]. The Kier molecular flexibility index (Phi) is 8.76. The van der Waals surface area contributed by atoms with Crippen LogP contribution in [0.2, 0.25) is 0 Å². The molecule has 9 aromatic rings. The zero-order chi connectivity index (χ0) is 43.2. The van der Waals surface area contributed by atoms with Gasteiger partial charge in [0.1, 0.15) is 5.82 Å². The summed E-state index contributed by atoms with van der Waals surface area (Å²) < 4.78 is 27.5. The Morgan fingerprint density at radius 3 is 1.98 bits per heavy atom. The Hall–Kier alpha value is -6.22. The van der Waals surface area contributed by atoms with E-state index in [1.54, 1.807) is 0 Å². The summed E-state index contributed by atoms with van der Waals surface area (Å²) in [7, 11) is 0. The van der Waals surface area contributed by atoms with E-state index in [0.717, 1.165) is 66.8 Å². The molecule has 0 fully saturated rings. The van der Waals surface area contributed by atoms with E-state index in [0.29, 0.717) is 17.5 Å². The van der Waals surface area contributed by atoms with Gasteiger partial charge in [-0.05, 0) is 92.1 Å². The summed E-state index contributed by atoms with van der Waals surface area (Å²) in [5, 5.41) is 2.23. The molecule has 1 aliphatic heterocycles. The summed E-state index contributed by atoms with van der Waals surface area (Å²) in [5.41, 5.74) is 15.2. The van der Waals surface area contributed by atoms with E-state index >= 15 is 0 Å². The van der Waals surface area contributed by atoms with E-state index in [9.17, 15) is 0 Å². The average molecular weight is 973 g/mol. The van der Waals surface area contributed by atoms with Crippen LogP contribution < -0.4 is 9.80 Å². The summed E-state index contributed by atoms with van der Waals surface area (Å²) in [5.74, 6) is 1.54. The number of hydrogen-bond acceptors (Lipinski definition) is 3. The summed E-state index contributed by atoms with van der Waals surface area (Å²) >= 11 is 0. The third kappa shape index (κ3) is 5.87. The minimum atomic E-state index is -2.31. The largest absolute Gasteiger partial charge is 2.00 e. The molecule has 0 radical (unpaired) electrons. The van der Waals surface area contributed by atoms with Crippen molar-refractivity contribution in [2.45, 2.75) is 44.9 Å². The van der Waals surface area contributed by atoms with Crippen molar-refractivity contribution in [3.63, 3.8) is 0 Å². The van der Waals surface area contributed by atoms with Crippen molar-refractivity contribution in [3.8, 4) is 28.1 Å². The van der Waals surface area contributed by atoms with Crippen LogP contribution in [-0.4, -0.2) is 23.2 Å². The second-order valence-electron chi connectivity index (χ2n) is 16.8. The molecule has 0 saturated carbocycles. The van der Waals surface area contributed by atoms with Crippen LogP contribution in [0.25, 0.3) is 49.9 Å². The molecule has 0 atom stereocenters. The van der Waals surface area contributed by atoms with Gasteiger partial charge in [-0.1, -0.05) is 136 Å². The molecule has 4 nitrogen and oxygen atoms in total. The van der Waals surface area contributed by atoms with E-state index in [1.165, 1.54) is 32.7 Å². The van der Waals surface area contributed by atoms with Gasteiger partial charge in [-0.15, -0.1) is 22.6 Å². The van der Waals surface area contributed by atoms with Crippen LogP contribution in [-0.2, 0) is 26.5 Å². The van der Waals surface area contributed by atoms with E-state index in [1.807, 2.05) is 36.5 Å². The molecule has 2 aromatic heterocycles. The van der Waals surface area contributed by atoms with Crippen molar-refractivity contribution >= 4 is 38.9 Å². The van der Waals surface area contributed by atoms with Crippen molar-refractivity contribution in [2.75, 3.05) is 23.4 Å². The summed E-state index contributed by atoms with van der Waals surface area (Å²) in [4.78, 5) is 8.68. The molecule has 0 amide bonds. The van der Waals surface area contributed by atoms with Gasteiger partial charge in [-0.2, -0.15) is 36.4 Å². The van der Waals surface area contributed by atoms with Crippen LogP contribution in [0.4, 0.5) is 17.1 Å². The fraction of sp³-hybridized carbons (Fsp3) is 0.161. The molecule has 61 heavy (non-hydrogen) atoms. The maximum absolute atomic E-state index is 8.40. The Labute approximate surface area is 377 Å². The normalized spacial score (nSPS) is 14.8. The standard InChI is InChI=1S/C56H46N4.Pt/c1-36(2)42-21-15-22-43(37(3)4)55(42)38-30-31-57-54(32-38)60-50-25-11-8-20-46(50)47-29-28-40(34-53(47)60)56(48-23-9-6-18-44(48)45-19-7-10-24-49(45)56)39-16-14-17-41(33-39)59-35-58(5)51-26-12-13-27-52(51)59;/h6-32,36-37H,35H2,1-5H3;/q-2;+2/i5D3;. The molecule has 0 bridgehead atoms. The summed E-state index contributed by atoms with van der Waals surface area (Å²) in [6.07, 6.45) is 1.95. The molecule has 0 N–H and O–H groups in total. The Bertz CT molecular complexity index is 3180. The maximum Gasteiger partial charge on any atom is 2.00 e. The predicted molar refractivity (Wildman–Crippen MR) is 249 cm³/mol. The fourth-order valence-electron chi connectivity index (χ4n) is 10.1. The number of nitrogens with zero attached hydrogens (tertiary/aromatic N) is 4. The number of anilines is 3. The van der Waals surface area contributed by atoms with Crippen molar-refractivity contribution < 1.29 is 25.2 Å². The minimum Gasteiger partial charge on any atom is -0.355 e. The van der Waals surface area contributed by atoms with Crippen LogP contribution >= 0.6 is 0 Å². The van der Waals surface area contributed by atoms with Gasteiger partial charge in [0, 0.05) is 28.2 Å². The number of aromatic nitrogens is 2. The van der Waals surface area contributed by atoms with Gasteiger partial charge in [-0.3, -0.25) is 0 Å². The minimum absolute atomic E-state index is 0. The molecule has 0 spiro atoms. The van der Waals surface area contributed by atoms with E-state index in [4.69, 9.17) is 9.10 Å². The fourth-order valence-corrected chi connectivity index (χ4v) is 10.1. The molecule has 1 aliphatic carbocycles. The van der Waals surface area contributed by atoms with Crippen LogP contribution in [0.1, 0.15) is 77.0 Å². The molecule has 5 heteroatoms. The molecule has 3 heterocycles. The zero-order valence-electron chi connectivity index (χ0n) is 37.6. The first-order chi connectivity index (χ1) is 30.6. The monoisotopic (exact) mass is 972 g/mol. The van der Waals surface area contributed by atoms with Crippen molar-refractivity contribution in [2.24, 2.45) is 0 Å². The molecular formula is C56H46N4Pt. The topological polar surface area (TPSA) is 24.3 Å². The van der Waals surface area contributed by atoms with Crippen LogP contribution in [0.5, 0.6) is 0 Å². The molecule has 11 rings (SSSR count). The number of hydrogen-bond donors (Lipinski definition) is 0. The molecule has 0 unspecified atom stereocenters. The van der Waals surface area contributed by atoms with Gasteiger partial charge in [0.05, 0.1) is 18.0 Å². The van der Waals surface area contributed by atoms with Crippen LogP contribution in [0, 0.1) is 12.1 Å². The van der Waals surface area contributed by atoms with Crippen molar-refractivity contribution in [1.29, 1.82) is 0 Å². The second kappa shape index (κ2) is 15.0. The third-order valence-electron chi connectivity index (χ3n) is 12.8. The molecule has 7 aromatic carbocycles. The number of fused-ring (bicyclic) bond motifs is 7. The third-order valence-corrected chi connectivity index (χ3v) is 12.8. The molecule has 2 aliphatic rings. The first-order valence-electron chi connectivity index (χ1n) is 22.5. The second-order valence-corrected chi connectivity index (χ2v) is 16.8. The summed E-state index contributed by atoms with van der Waals surface area (Å²) in [6, 6.07) is 63.7. The Balaban J connectivity index is 0.00000484. The number of para-hydroxylation sites is 3. The molecule has 300 valence electrons. The first-order valence-corrected chi connectivity index (χ1v) is 21.0. The van der Waals surface area contributed by atoms with Gasteiger partial charge in [-0.25, -0.2) is 4.98 Å². The van der Waals surface area contributed by atoms with Crippen LogP contribution in [0.15, 0.2) is 164 Å². The molecule has 0 saturated heterocycles. The van der Waals surface area contributed by atoms with Crippen LogP contribution in [0.3, 0.4) is 0 Å². The van der Waals surface area contributed by atoms with E-state index in [-0.39, 0.29) is 27.7 Å².